The SMILES string of the molecule is NC(=O)C1CN(C(=O)c2cccnc2)CCN(C2CCOCC2)C1. The third-order valence-electron chi connectivity index (χ3n) is 4.86. The van der Waals surface area contributed by atoms with Gasteiger partial charge in [0.15, 0.2) is 0 Å². The lowest BCUT2D eigenvalue weighted by atomic mass is 10.0. The summed E-state index contributed by atoms with van der Waals surface area (Å²) in [6, 6.07) is 3.88. The van der Waals surface area contributed by atoms with Crippen LogP contribution in [-0.2, 0) is 9.53 Å². The molecule has 3 rings (SSSR count). The molecule has 130 valence electrons. The van der Waals surface area contributed by atoms with Crippen molar-refractivity contribution in [3.05, 3.63) is 30.1 Å². The van der Waals surface area contributed by atoms with Crippen LogP contribution < -0.4 is 5.73 Å². The third-order valence-corrected chi connectivity index (χ3v) is 4.86. The molecule has 0 radical (unpaired) electrons. The predicted octanol–water partition coefficient (Wildman–Crippen LogP) is 0.120. The number of carbonyl (C=O) groups excluding carboxylic acids is 2. The summed E-state index contributed by atoms with van der Waals surface area (Å²) in [6.07, 6.45) is 5.12. The molecule has 2 fully saturated rings. The average Bonchev–Trinajstić information content (AvgIpc) is 2.86. The normalized spacial score (nSPS) is 23.7. The highest BCUT2D eigenvalue weighted by atomic mass is 16.5. The van der Waals surface area contributed by atoms with Crippen molar-refractivity contribution in [2.45, 2.75) is 18.9 Å². The highest BCUT2D eigenvalue weighted by Gasteiger charge is 2.32. The van der Waals surface area contributed by atoms with Gasteiger partial charge in [-0.3, -0.25) is 19.5 Å². The minimum absolute atomic E-state index is 0.0943. The first-order chi connectivity index (χ1) is 11.6. The van der Waals surface area contributed by atoms with E-state index in [1.807, 2.05) is 0 Å². The van der Waals surface area contributed by atoms with Gasteiger partial charge < -0.3 is 15.4 Å². The highest BCUT2D eigenvalue weighted by molar-refractivity contribution is 5.94. The second-order valence-electron chi connectivity index (χ2n) is 6.43. The van der Waals surface area contributed by atoms with E-state index in [1.54, 1.807) is 29.4 Å². The molecule has 2 aliphatic heterocycles. The van der Waals surface area contributed by atoms with Crippen molar-refractivity contribution >= 4 is 11.8 Å². The van der Waals surface area contributed by atoms with E-state index < -0.39 is 0 Å². The Hall–Kier alpha value is -1.99. The van der Waals surface area contributed by atoms with Crippen molar-refractivity contribution < 1.29 is 14.3 Å². The van der Waals surface area contributed by atoms with Gasteiger partial charge in [-0.15, -0.1) is 0 Å². The van der Waals surface area contributed by atoms with Crippen molar-refractivity contribution in [2.75, 3.05) is 39.4 Å². The summed E-state index contributed by atoms with van der Waals surface area (Å²) >= 11 is 0. The summed E-state index contributed by atoms with van der Waals surface area (Å²) < 4.78 is 5.42. The molecule has 24 heavy (non-hydrogen) atoms. The van der Waals surface area contributed by atoms with Crippen LogP contribution in [0.4, 0.5) is 0 Å². The monoisotopic (exact) mass is 332 g/mol. The molecule has 1 unspecified atom stereocenters. The van der Waals surface area contributed by atoms with Crippen LogP contribution in [-0.4, -0.2) is 72.0 Å². The summed E-state index contributed by atoms with van der Waals surface area (Å²) in [5, 5.41) is 0. The molecule has 7 nitrogen and oxygen atoms in total. The Balaban J connectivity index is 1.73. The molecule has 3 heterocycles. The first-order valence-electron chi connectivity index (χ1n) is 8.45. The first kappa shape index (κ1) is 16.9. The molecule has 2 N–H and O–H groups in total. The number of ether oxygens (including phenoxy) is 1. The van der Waals surface area contributed by atoms with Crippen LogP contribution in [0.3, 0.4) is 0 Å². The van der Waals surface area contributed by atoms with Crippen molar-refractivity contribution in [2.24, 2.45) is 11.7 Å². The lowest BCUT2D eigenvalue weighted by molar-refractivity contribution is -0.122. The summed E-state index contributed by atoms with van der Waals surface area (Å²) in [4.78, 5) is 32.6. The fourth-order valence-electron chi connectivity index (χ4n) is 3.46. The Morgan fingerprint density at radius 1 is 1.21 bits per heavy atom. The van der Waals surface area contributed by atoms with Crippen molar-refractivity contribution in [1.29, 1.82) is 0 Å². The second-order valence-corrected chi connectivity index (χ2v) is 6.43. The highest BCUT2D eigenvalue weighted by Crippen LogP contribution is 2.20. The van der Waals surface area contributed by atoms with Crippen LogP contribution in [0, 0.1) is 5.92 Å². The van der Waals surface area contributed by atoms with Crippen LogP contribution in [0.2, 0.25) is 0 Å². The first-order valence-corrected chi connectivity index (χ1v) is 8.45. The molecule has 2 aliphatic rings. The van der Waals surface area contributed by atoms with Gasteiger partial charge in [0.25, 0.3) is 5.91 Å². The van der Waals surface area contributed by atoms with Crippen LogP contribution in [0.15, 0.2) is 24.5 Å². The molecule has 0 bridgehead atoms. The van der Waals surface area contributed by atoms with E-state index in [2.05, 4.69) is 9.88 Å². The van der Waals surface area contributed by atoms with Crippen LogP contribution >= 0.6 is 0 Å². The summed E-state index contributed by atoms with van der Waals surface area (Å²) in [5.41, 5.74) is 6.13. The molecular weight excluding hydrogens is 308 g/mol. The summed E-state index contributed by atoms with van der Waals surface area (Å²) in [5.74, 6) is -0.794. The molecule has 0 saturated carbocycles. The number of primary amides is 1. The number of nitrogens with two attached hydrogens (primary N) is 1. The number of nitrogens with zero attached hydrogens (tertiary/aromatic N) is 3. The molecule has 0 spiro atoms. The number of hydrogen-bond acceptors (Lipinski definition) is 5. The van der Waals surface area contributed by atoms with Gasteiger partial charge in [0.2, 0.25) is 5.91 Å². The maximum atomic E-state index is 12.7. The quantitative estimate of drug-likeness (QED) is 0.849. The van der Waals surface area contributed by atoms with Crippen LogP contribution in [0.1, 0.15) is 23.2 Å². The third kappa shape index (κ3) is 3.91. The molecule has 1 aromatic rings. The topological polar surface area (TPSA) is 88.8 Å². The molecule has 2 amide bonds. The van der Waals surface area contributed by atoms with Gasteiger partial charge in [0, 0.05) is 57.8 Å². The zero-order valence-electron chi connectivity index (χ0n) is 13.8. The average molecular weight is 332 g/mol. The van der Waals surface area contributed by atoms with Gasteiger partial charge in [0.1, 0.15) is 0 Å². The molecule has 1 atom stereocenters. The fourth-order valence-corrected chi connectivity index (χ4v) is 3.46. The number of pyridine rings is 1. The van der Waals surface area contributed by atoms with E-state index in [9.17, 15) is 9.59 Å². The number of carbonyl (C=O) groups is 2. The Morgan fingerprint density at radius 3 is 2.67 bits per heavy atom. The van der Waals surface area contributed by atoms with E-state index >= 15 is 0 Å². The Labute approximate surface area is 141 Å². The zero-order chi connectivity index (χ0) is 16.9. The van der Waals surface area contributed by atoms with Gasteiger partial charge in [-0.25, -0.2) is 0 Å². The number of hydrogen-bond donors (Lipinski definition) is 1. The minimum Gasteiger partial charge on any atom is -0.381 e. The molecule has 1 aromatic heterocycles. The van der Waals surface area contributed by atoms with E-state index in [1.165, 1.54) is 0 Å². The van der Waals surface area contributed by atoms with Gasteiger partial charge in [0.05, 0.1) is 11.5 Å². The summed E-state index contributed by atoms with van der Waals surface area (Å²) in [6.45, 7) is 3.82. The Bertz CT molecular complexity index is 574. The lowest BCUT2D eigenvalue weighted by Crippen LogP contribution is -2.44. The van der Waals surface area contributed by atoms with E-state index in [0.29, 0.717) is 31.2 Å². The predicted molar refractivity (Wildman–Crippen MR) is 88.2 cm³/mol. The fraction of sp³-hybridized carbons (Fsp3) is 0.588. The van der Waals surface area contributed by atoms with Gasteiger partial charge >= 0.3 is 0 Å². The lowest BCUT2D eigenvalue weighted by Gasteiger charge is -2.34. The summed E-state index contributed by atoms with van der Waals surface area (Å²) in [7, 11) is 0. The van der Waals surface area contributed by atoms with Crippen molar-refractivity contribution in [1.82, 2.24) is 14.8 Å². The smallest absolute Gasteiger partial charge is 0.255 e. The van der Waals surface area contributed by atoms with E-state index in [-0.39, 0.29) is 17.7 Å². The maximum Gasteiger partial charge on any atom is 0.255 e. The number of amides is 2. The minimum atomic E-state index is -0.351. The standard InChI is InChI=1S/C17H24N4O3/c18-16(22)14-11-20(15-3-8-24-9-4-15)6-7-21(12-14)17(23)13-2-1-5-19-10-13/h1-2,5,10,14-15H,3-4,6-9,11-12H2,(H2,18,22). The molecule has 0 aliphatic carbocycles. The maximum absolute atomic E-state index is 12.7. The second kappa shape index (κ2) is 7.72. The molecular formula is C17H24N4O3. The number of aromatic nitrogens is 1. The largest absolute Gasteiger partial charge is 0.381 e. The van der Waals surface area contributed by atoms with Crippen LogP contribution in [0.25, 0.3) is 0 Å². The molecule has 7 heteroatoms. The molecule has 2 saturated heterocycles. The van der Waals surface area contributed by atoms with Crippen LogP contribution in [0.5, 0.6) is 0 Å². The number of rotatable bonds is 3. The van der Waals surface area contributed by atoms with Crippen molar-refractivity contribution in [3.63, 3.8) is 0 Å². The van der Waals surface area contributed by atoms with Gasteiger partial charge in [-0.2, -0.15) is 0 Å². The van der Waals surface area contributed by atoms with Crippen molar-refractivity contribution in [3.8, 4) is 0 Å². The van der Waals surface area contributed by atoms with Gasteiger partial charge in [-0.05, 0) is 25.0 Å². The van der Waals surface area contributed by atoms with Gasteiger partial charge in [-0.1, -0.05) is 0 Å². The zero-order valence-corrected chi connectivity index (χ0v) is 13.8. The molecule has 0 aromatic carbocycles. The Morgan fingerprint density at radius 2 is 2.00 bits per heavy atom. The van der Waals surface area contributed by atoms with E-state index in [4.69, 9.17) is 10.5 Å². The Kier molecular flexibility index (Phi) is 5.42. The van der Waals surface area contributed by atoms with E-state index in [0.717, 1.165) is 32.6 Å².